The van der Waals surface area contributed by atoms with Gasteiger partial charge in [0.05, 0.1) is 18.8 Å². The summed E-state index contributed by atoms with van der Waals surface area (Å²) < 4.78 is 10.9. The summed E-state index contributed by atoms with van der Waals surface area (Å²) in [5.74, 6) is -2.76. The number of aromatic carboxylic acids is 1. The van der Waals surface area contributed by atoms with Crippen LogP contribution in [0.5, 0.6) is 0 Å². The lowest BCUT2D eigenvalue weighted by Gasteiger charge is -2.05. The van der Waals surface area contributed by atoms with Crippen LogP contribution in [0.4, 0.5) is 0 Å². The zero-order valence-electron chi connectivity index (χ0n) is 11.8. The number of hydrogen-bond acceptors (Lipinski definition) is 5. The summed E-state index contributed by atoms with van der Waals surface area (Å²) in [5.41, 5.74) is -0.136. The van der Waals surface area contributed by atoms with Crippen LogP contribution in [0.25, 0.3) is 0 Å². The van der Waals surface area contributed by atoms with Crippen molar-refractivity contribution in [2.45, 2.75) is 20.8 Å². The lowest BCUT2D eigenvalue weighted by molar-refractivity contribution is 0.0507. The molecule has 0 fully saturated rings. The zero-order valence-corrected chi connectivity index (χ0v) is 11.8. The van der Waals surface area contributed by atoms with E-state index in [1.54, 1.807) is 13.8 Å². The Morgan fingerprint density at radius 1 is 1.05 bits per heavy atom. The molecule has 0 saturated carbocycles. The Morgan fingerprint density at radius 2 is 1.55 bits per heavy atom. The van der Waals surface area contributed by atoms with Crippen LogP contribution in [0, 0.1) is 6.92 Å². The van der Waals surface area contributed by atoms with Gasteiger partial charge >= 0.3 is 17.9 Å². The summed E-state index contributed by atoms with van der Waals surface area (Å²) in [5, 5.41) is 9.23. The van der Waals surface area contributed by atoms with Gasteiger partial charge in [0.1, 0.15) is 11.4 Å². The molecule has 7 heteroatoms. The van der Waals surface area contributed by atoms with Crippen LogP contribution >= 0.6 is 0 Å². The molecule has 1 heterocycles. The highest BCUT2D eigenvalue weighted by molar-refractivity contribution is 6.06. The molecule has 0 atom stereocenters. The van der Waals surface area contributed by atoms with Crippen LogP contribution in [0.1, 0.15) is 50.7 Å². The van der Waals surface area contributed by atoms with Crippen molar-refractivity contribution in [1.82, 2.24) is 4.57 Å². The molecule has 0 aromatic carbocycles. The zero-order chi connectivity index (χ0) is 15.4. The Labute approximate surface area is 116 Å². The fourth-order valence-electron chi connectivity index (χ4n) is 2.02. The molecular formula is C13H17NO6. The van der Waals surface area contributed by atoms with E-state index in [0.29, 0.717) is 0 Å². The Hall–Kier alpha value is -2.31. The van der Waals surface area contributed by atoms with Crippen LogP contribution in [0.2, 0.25) is 0 Å². The molecule has 1 aromatic heterocycles. The molecule has 0 unspecified atom stereocenters. The highest BCUT2D eigenvalue weighted by atomic mass is 16.5. The molecule has 1 rings (SSSR count). The standard InChI is InChI=1S/C13H17NO6/c1-5-19-12(17)8-7(3)9(13(18)20-6-2)14(4)10(8)11(15)16/h5-6H2,1-4H3,(H,15,16). The average Bonchev–Trinajstić information content (AvgIpc) is 2.61. The van der Waals surface area contributed by atoms with Crippen LogP contribution in [-0.4, -0.2) is 40.8 Å². The lowest BCUT2D eigenvalue weighted by atomic mass is 10.1. The molecule has 1 aromatic rings. The van der Waals surface area contributed by atoms with Crippen molar-refractivity contribution in [2.75, 3.05) is 13.2 Å². The van der Waals surface area contributed by atoms with Crippen molar-refractivity contribution in [1.29, 1.82) is 0 Å². The SMILES string of the molecule is CCOC(=O)c1c(C)c(C(=O)OCC)n(C)c1C(=O)O. The number of aromatic nitrogens is 1. The Kier molecular flexibility index (Phi) is 4.90. The first-order valence-corrected chi connectivity index (χ1v) is 6.13. The van der Waals surface area contributed by atoms with Gasteiger partial charge in [-0.3, -0.25) is 0 Å². The van der Waals surface area contributed by atoms with Gasteiger partial charge in [-0.15, -0.1) is 0 Å². The average molecular weight is 283 g/mol. The molecule has 0 aliphatic carbocycles. The molecule has 0 amide bonds. The number of carbonyl (C=O) groups excluding carboxylic acids is 2. The summed E-state index contributed by atoms with van der Waals surface area (Å²) in [6, 6.07) is 0. The van der Waals surface area contributed by atoms with Gasteiger partial charge < -0.3 is 19.1 Å². The van der Waals surface area contributed by atoms with Gasteiger partial charge in [0.15, 0.2) is 0 Å². The van der Waals surface area contributed by atoms with Gasteiger partial charge in [-0.05, 0) is 26.3 Å². The van der Waals surface area contributed by atoms with Gasteiger partial charge in [0.25, 0.3) is 0 Å². The fraction of sp³-hybridized carbons (Fsp3) is 0.462. The number of hydrogen-bond donors (Lipinski definition) is 1. The van der Waals surface area contributed by atoms with Gasteiger partial charge in [-0.2, -0.15) is 0 Å². The Morgan fingerprint density at radius 3 is 2.00 bits per heavy atom. The molecule has 7 nitrogen and oxygen atoms in total. The second-order valence-corrected chi connectivity index (χ2v) is 4.00. The van der Waals surface area contributed by atoms with Crippen molar-refractivity contribution in [2.24, 2.45) is 7.05 Å². The number of carbonyl (C=O) groups is 3. The normalized spacial score (nSPS) is 10.2. The molecule has 0 bridgehead atoms. The summed E-state index contributed by atoms with van der Waals surface area (Å²) >= 11 is 0. The minimum atomic E-state index is -1.31. The quantitative estimate of drug-likeness (QED) is 0.820. The van der Waals surface area contributed by atoms with Crippen LogP contribution in [0.15, 0.2) is 0 Å². The molecule has 0 saturated heterocycles. The minimum Gasteiger partial charge on any atom is -0.477 e. The molecule has 0 radical (unpaired) electrons. The van der Waals surface area contributed by atoms with E-state index < -0.39 is 17.9 Å². The fourth-order valence-corrected chi connectivity index (χ4v) is 2.02. The maximum absolute atomic E-state index is 11.9. The lowest BCUT2D eigenvalue weighted by Crippen LogP contribution is -2.15. The van der Waals surface area contributed by atoms with E-state index in [4.69, 9.17) is 9.47 Å². The molecule has 0 spiro atoms. The van der Waals surface area contributed by atoms with Crippen LogP contribution in [-0.2, 0) is 16.5 Å². The number of ether oxygens (including phenoxy) is 2. The van der Waals surface area contributed by atoms with E-state index in [1.165, 1.54) is 14.0 Å². The predicted molar refractivity (Wildman–Crippen MR) is 69.0 cm³/mol. The van der Waals surface area contributed by atoms with Crippen molar-refractivity contribution in [3.05, 3.63) is 22.5 Å². The summed E-state index contributed by atoms with van der Waals surface area (Å²) in [7, 11) is 1.39. The van der Waals surface area contributed by atoms with Crippen LogP contribution < -0.4 is 0 Å². The van der Waals surface area contributed by atoms with Crippen molar-refractivity contribution in [3.8, 4) is 0 Å². The Balaban J connectivity index is 3.51. The highest BCUT2D eigenvalue weighted by Gasteiger charge is 2.31. The van der Waals surface area contributed by atoms with E-state index >= 15 is 0 Å². The number of esters is 2. The largest absolute Gasteiger partial charge is 0.477 e. The summed E-state index contributed by atoms with van der Waals surface area (Å²) in [6.45, 7) is 5.01. The first kappa shape index (κ1) is 15.7. The minimum absolute atomic E-state index is 0.0345. The molecule has 1 N–H and O–H groups in total. The number of carboxylic acids is 1. The topological polar surface area (TPSA) is 94.8 Å². The van der Waals surface area contributed by atoms with Gasteiger partial charge in [-0.1, -0.05) is 0 Å². The first-order valence-electron chi connectivity index (χ1n) is 6.13. The number of nitrogens with zero attached hydrogens (tertiary/aromatic N) is 1. The van der Waals surface area contributed by atoms with E-state index in [9.17, 15) is 19.5 Å². The van der Waals surface area contributed by atoms with Crippen LogP contribution in [0.3, 0.4) is 0 Å². The predicted octanol–water partition coefficient (Wildman–Crippen LogP) is 1.39. The van der Waals surface area contributed by atoms with Crippen molar-refractivity contribution in [3.63, 3.8) is 0 Å². The highest BCUT2D eigenvalue weighted by Crippen LogP contribution is 2.23. The first-order chi connectivity index (χ1) is 9.36. The van der Waals surface area contributed by atoms with E-state index in [-0.39, 0.29) is 35.7 Å². The second kappa shape index (κ2) is 6.23. The maximum atomic E-state index is 11.9. The maximum Gasteiger partial charge on any atom is 0.355 e. The smallest absolute Gasteiger partial charge is 0.355 e. The second-order valence-electron chi connectivity index (χ2n) is 4.00. The van der Waals surface area contributed by atoms with Gasteiger partial charge in [-0.25, -0.2) is 14.4 Å². The summed E-state index contributed by atoms with van der Waals surface area (Å²) in [6.07, 6.45) is 0. The molecular weight excluding hydrogens is 266 g/mol. The van der Waals surface area contributed by atoms with Gasteiger partial charge in [0.2, 0.25) is 0 Å². The number of rotatable bonds is 5. The van der Waals surface area contributed by atoms with E-state index in [2.05, 4.69) is 0 Å². The van der Waals surface area contributed by atoms with E-state index in [0.717, 1.165) is 4.57 Å². The van der Waals surface area contributed by atoms with Gasteiger partial charge in [0, 0.05) is 7.05 Å². The Bertz CT molecular complexity index is 558. The molecule has 0 aliphatic heterocycles. The monoisotopic (exact) mass is 283 g/mol. The third-order valence-corrected chi connectivity index (χ3v) is 2.79. The number of carboxylic acid groups (broad SMARTS) is 1. The molecule has 20 heavy (non-hydrogen) atoms. The van der Waals surface area contributed by atoms with Crippen molar-refractivity contribution < 1.29 is 29.0 Å². The van der Waals surface area contributed by atoms with Crippen molar-refractivity contribution >= 4 is 17.9 Å². The van der Waals surface area contributed by atoms with E-state index in [1.807, 2.05) is 0 Å². The third-order valence-electron chi connectivity index (χ3n) is 2.79. The molecule has 110 valence electrons. The molecule has 0 aliphatic rings. The summed E-state index contributed by atoms with van der Waals surface area (Å²) in [4.78, 5) is 35.1. The third kappa shape index (κ3) is 2.66.